The fraction of sp³-hybridized carbons (Fsp3) is 0.158. The Labute approximate surface area is 164 Å². The van der Waals surface area contributed by atoms with Gasteiger partial charge in [-0.3, -0.25) is 4.98 Å². The largest absolute Gasteiger partial charge is 0.462 e. The lowest BCUT2D eigenvalue weighted by Crippen LogP contribution is -2.09. The van der Waals surface area contributed by atoms with Gasteiger partial charge < -0.3 is 10.1 Å². The summed E-state index contributed by atoms with van der Waals surface area (Å²) in [5.74, 6) is -0.414. The highest BCUT2D eigenvalue weighted by Gasteiger charge is 2.18. The molecule has 1 N–H and O–H groups in total. The number of halogens is 2. The number of aromatic nitrogens is 1. The fourth-order valence-corrected chi connectivity index (χ4v) is 3.24. The van der Waals surface area contributed by atoms with E-state index < -0.39 is 5.97 Å². The third-order valence-electron chi connectivity index (χ3n) is 3.74. The van der Waals surface area contributed by atoms with Crippen molar-refractivity contribution in [3.8, 4) is 0 Å². The molecular weight excluding hydrogens is 451 g/mol. The van der Waals surface area contributed by atoms with E-state index in [2.05, 4.69) is 32.9 Å². The van der Waals surface area contributed by atoms with E-state index in [1.165, 1.54) is 0 Å². The summed E-state index contributed by atoms with van der Waals surface area (Å²) in [5.41, 5.74) is 3.65. The Morgan fingerprint density at radius 2 is 2.00 bits per heavy atom. The van der Waals surface area contributed by atoms with Gasteiger partial charge in [-0.15, -0.1) is 0 Å². The minimum atomic E-state index is -0.414. The number of hydrogen-bond acceptors (Lipinski definition) is 4. The molecule has 0 atom stereocenters. The van der Waals surface area contributed by atoms with Crippen LogP contribution < -0.4 is 5.32 Å². The molecule has 2 aromatic carbocycles. The van der Waals surface area contributed by atoms with E-state index >= 15 is 0 Å². The molecule has 0 aliphatic heterocycles. The van der Waals surface area contributed by atoms with Gasteiger partial charge in [0.1, 0.15) is 5.56 Å². The summed E-state index contributed by atoms with van der Waals surface area (Å²) in [5, 5.41) is 4.72. The third-order valence-corrected chi connectivity index (χ3v) is 4.67. The van der Waals surface area contributed by atoms with Crippen molar-refractivity contribution in [2.75, 3.05) is 11.9 Å². The van der Waals surface area contributed by atoms with E-state index in [1.54, 1.807) is 13.1 Å². The van der Waals surface area contributed by atoms with Gasteiger partial charge in [0, 0.05) is 25.9 Å². The van der Waals surface area contributed by atoms with Crippen molar-refractivity contribution in [2.24, 2.45) is 0 Å². The number of carbonyl (C=O) groups is 1. The van der Waals surface area contributed by atoms with Crippen LogP contribution in [-0.4, -0.2) is 17.6 Å². The maximum Gasteiger partial charge on any atom is 0.341 e. The van der Waals surface area contributed by atoms with Crippen LogP contribution >= 0.6 is 34.2 Å². The molecule has 0 aliphatic carbocycles. The van der Waals surface area contributed by atoms with Crippen LogP contribution in [0.1, 0.15) is 22.8 Å². The van der Waals surface area contributed by atoms with Crippen molar-refractivity contribution in [3.63, 3.8) is 0 Å². The standard InChI is InChI=1S/C19H16ClIN2O2/c1-3-25-19(24)16-10-22-17-11(2)8-12(20)9-15(17)18(16)23-14-6-4-13(21)5-7-14/h4-10H,3H2,1-2H3,(H,22,23). The van der Waals surface area contributed by atoms with Gasteiger partial charge in [-0.25, -0.2) is 4.79 Å². The van der Waals surface area contributed by atoms with Crippen LogP contribution in [0, 0.1) is 10.5 Å². The Kier molecular flexibility index (Phi) is 5.44. The number of nitrogens with one attached hydrogen (secondary N) is 1. The number of anilines is 2. The number of hydrogen-bond donors (Lipinski definition) is 1. The topological polar surface area (TPSA) is 51.2 Å². The molecule has 0 saturated carbocycles. The molecule has 0 amide bonds. The highest BCUT2D eigenvalue weighted by atomic mass is 127. The van der Waals surface area contributed by atoms with Crippen molar-refractivity contribution in [1.82, 2.24) is 4.98 Å². The fourth-order valence-electron chi connectivity index (χ4n) is 2.61. The summed E-state index contributed by atoms with van der Waals surface area (Å²) in [6, 6.07) is 11.6. The maximum atomic E-state index is 12.4. The van der Waals surface area contributed by atoms with Crippen LogP contribution in [0.4, 0.5) is 11.4 Å². The molecule has 25 heavy (non-hydrogen) atoms. The average Bonchev–Trinajstić information content (AvgIpc) is 2.57. The number of carbonyl (C=O) groups excluding carboxylic acids is 1. The quantitative estimate of drug-likeness (QED) is 0.395. The molecule has 3 aromatic rings. The number of nitrogens with zero attached hydrogens (tertiary/aromatic N) is 1. The van der Waals surface area contributed by atoms with Crippen molar-refractivity contribution in [2.45, 2.75) is 13.8 Å². The van der Waals surface area contributed by atoms with E-state index in [4.69, 9.17) is 16.3 Å². The molecule has 0 saturated heterocycles. The van der Waals surface area contributed by atoms with E-state index in [-0.39, 0.29) is 0 Å². The lowest BCUT2D eigenvalue weighted by Gasteiger charge is -2.15. The van der Waals surface area contributed by atoms with Crippen LogP contribution in [0.3, 0.4) is 0 Å². The molecule has 1 heterocycles. The zero-order valence-electron chi connectivity index (χ0n) is 13.8. The minimum Gasteiger partial charge on any atom is -0.462 e. The maximum absolute atomic E-state index is 12.4. The smallest absolute Gasteiger partial charge is 0.341 e. The molecule has 4 nitrogen and oxygen atoms in total. The average molecular weight is 467 g/mol. The first kappa shape index (κ1) is 17.9. The van der Waals surface area contributed by atoms with E-state index in [9.17, 15) is 4.79 Å². The van der Waals surface area contributed by atoms with Crippen molar-refractivity contribution >= 4 is 62.4 Å². The molecule has 128 valence electrons. The Morgan fingerprint density at radius 1 is 1.28 bits per heavy atom. The van der Waals surface area contributed by atoms with Crippen LogP contribution in [0.2, 0.25) is 5.02 Å². The Balaban J connectivity index is 2.21. The van der Waals surface area contributed by atoms with Gasteiger partial charge >= 0.3 is 5.97 Å². The molecule has 0 bridgehead atoms. The first-order valence-corrected chi connectivity index (χ1v) is 9.24. The second-order valence-electron chi connectivity index (χ2n) is 5.52. The molecule has 3 rings (SSSR count). The lowest BCUT2D eigenvalue weighted by atomic mass is 10.1. The van der Waals surface area contributed by atoms with Crippen LogP contribution in [0.15, 0.2) is 42.6 Å². The summed E-state index contributed by atoms with van der Waals surface area (Å²) in [6.07, 6.45) is 1.55. The van der Waals surface area contributed by atoms with Gasteiger partial charge in [-0.2, -0.15) is 0 Å². The number of pyridine rings is 1. The number of esters is 1. The van der Waals surface area contributed by atoms with Crippen LogP contribution in [0.5, 0.6) is 0 Å². The number of fused-ring (bicyclic) bond motifs is 1. The number of ether oxygens (including phenoxy) is 1. The van der Waals surface area contributed by atoms with Crippen LogP contribution in [-0.2, 0) is 4.74 Å². The van der Waals surface area contributed by atoms with Gasteiger partial charge in [0.15, 0.2) is 0 Å². The molecule has 1 aromatic heterocycles. The van der Waals surface area contributed by atoms with Gasteiger partial charge in [-0.05, 0) is 78.4 Å². The number of rotatable bonds is 4. The SMILES string of the molecule is CCOC(=O)c1cnc2c(C)cc(Cl)cc2c1Nc1ccc(I)cc1. The summed E-state index contributed by atoms with van der Waals surface area (Å²) in [7, 11) is 0. The van der Waals surface area contributed by atoms with E-state index in [0.717, 1.165) is 25.7 Å². The molecule has 0 aliphatic rings. The number of benzene rings is 2. The van der Waals surface area contributed by atoms with Gasteiger partial charge in [0.05, 0.1) is 17.8 Å². The summed E-state index contributed by atoms with van der Waals surface area (Å²) in [6.45, 7) is 4.02. The Hall–Kier alpha value is -1.86. The van der Waals surface area contributed by atoms with Gasteiger partial charge in [0.25, 0.3) is 0 Å². The zero-order valence-corrected chi connectivity index (χ0v) is 16.7. The molecule has 0 radical (unpaired) electrons. The number of aryl methyl sites for hydroxylation is 1. The second-order valence-corrected chi connectivity index (χ2v) is 7.20. The highest BCUT2D eigenvalue weighted by molar-refractivity contribution is 14.1. The third kappa shape index (κ3) is 3.88. The summed E-state index contributed by atoms with van der Waals surface area (Å²) >= 11 is 8.49. The highest BCUT2D eigenvalue weighted by Crippen LogP contribution is 2.33. The van der Waals surface area contributed by atoms with E-state index in [0.29, 0.717) is 22.9 Å². The van der Waals surface area contributed by atoms with E-state index in [1.807, 2.05) is 43.3 Å². The first-order valence-electron chi connectivity index (χ1n) is 7.78. The summed E-state index contributed by atoms with van der Waals surface area (Å²) < 4.78 is 6.31. The normalized spacial score (nSPS) is 10.7. The molecule has 6 heteroatoms. The monoisotopic (exact) mass is 466 g/mol. The minimum absolute atomic E-state index is 0.300. The molecule has 0 unspecified atom stereocenters. The van der Waals surface area contributed by atoms with Crippen LogP contribution in [0.25, 0.3) is 10.9 Å². The Morgan fingerprint density at radius 3 is 2.68 bits per heavy atom. The van der Waals surface area contributed by atoms with Gasteiger partial charge in [-0.1, -0.05) is 11.6 Å². The Bertz CT molecular complexity index is 942. The van der Waals surface area contributed by atoms with Crippen molar-refractivity contribution in [3.05, 3.63) is 62.3 Å². The summed E-state index contributed by atoms with van der Waals surface area (Å²) in [4.78, 5) is 16.8. The predicted molar refractivity (Wildman–Crippen MR) is 110 cm³/mol. The predicted octanol–water partition coefficient (Wildman–Crippen LogP) is 5.72. The molecule has 0 spiro atoms. The van der Waals surface area contributed by atoms with Gasteiger partial charge in [0.2, 0.25) is 0 Å². The second kappa shape index (κ2) is 7.58. The lowest BCUT2D eigenvalue weighted by molar-refractivity contribution is 0.0527. The molecule has 0 fully saturated rings. The van der Waals surface area contributed by atoms with Crippen molar-refractivity contribution < 1.29 is 9.53 Å². The first-order chi connectivity index (χ1) is 12.0. The van der Waals surface area contributed by atoms with Crippen molar-refractivity contribution in [1.29, 1.82) is 0 Å². The molecular formula is C19H16ClIN2O2. The zero-order chi connectivity index (χ0) is 18.0.